The fourth-order valence-electron chi connectivity index (χ4n) is 2.39. The van der Waals surface area contributed by atoms with Crippen LogP contribution < -0.4 is 5.32 Å². The predicted molar refractivity (Wildman–Crippen MR) is 74.3 cm³/mol. The van der Waals surface area contributed by atoms with Gasteiger partial charge in [0.1, 0.15) is 0 Å². The Labute approximate surface area is 108 Å². The molecule has 1 saturated carbocycles. The smallest absolute Gasteiger partial charge is 0.0575 e. The summed E-state index contributed by atoms with van der Waals surface area (Å²) in [6, 6.07) is 0. The van der Waals surface area contributed by atoms with E-state index in [0.29, 0.717) is 6.10 Å². The van der Waals surface area contributed by atoms with Gasteiger partial charge in [0, 0.05) is 6.61 Å². The first-order chi connectivity index (χ1) is 8.18. The second-order valence-electron chi connectivity index (χ2n) is 6.06. The van der Waals surface area contributed by atoms with E-state index < -0.39 is 0 Å². The van der Waals surface area contributed by atoms with Gasteiger partial charge in [0.2, 0.25) is 0 Å². The van der Waals surface area contributed by atoms with Gasteiger partial charge in [-0.05, 0) is 63.5 Å². The molecule has 0 spiro atoms. The summed E-state index contributed by atoms with van der Waals surface area (Å²) < 4.78 is 5.93. The largest absolute Gasteiger partial charge is 0.378 e. The molecule has 0 aromatic rings. The lowest BCUT2D eigenvalue weighted by atomic mass is 9.89. The molecular weight excluding hydrogens is 210 g/mol. The maximum atomic E-state index is 5.93. The van der Waals surface area contributed by atoms with Crippen molar-refractivity contribution in [1.82, 2.24) is 5.32 Å². The molecule has 0 bridgehead atoms. The van der Waals surface area contributed by atoms with Gasteiger partial charge in [-0.15, -0.1) is 0 Å². The van der Waals surface area contributed by atoms with Gasteiger partial charge < -0.3 is 10.1 Å². The van der Waals surface area contributed by atoms with E-state index in [9.17, 15) is 0 Å². The maximum Gasteiger partial charge on any atom is 0.0575 e. The zero-order chi connectivity index (χ0) is 12.5. The molecule has 0 heterocycles. The summed E-state index contributed by atoms with van der Waals surface area (Å²) >= 11 is 0. The third-order valence-corrected chi connectivity index (χ3v) is 3.62. The summed E-state index contributed by atoms with van der Waals surface area (Å²) in [7, 11) is 0. The highest BCUT2D eigenvalue weighted by Crippen LogP contribution is 2.25. The van der Waals surface area contributed by atoms with Crippen LogP contribution in [-0.4, -0.2) is 25.8 Å². The van der Waals surface area contributed by atoms with Crippen LogP contribution in [0, 0.1) is 11.8 Å². The number of hydrogen-bond donors (Lipinski definition) is 1. The van der Waals surface area contributed by atoms with E-state index in [-0.39, 0.29) is 0 Å². The van der Waals surface area contributed by atoms with Crippen LogP contribution in [0.3, 0.4) is 0 Å². The molecule has 17 heavy (non-hydrogen) atoms. The van der Waals surface area contributed by atoms with E-state index in [1.54, 1.807) is 0 Å². The minimum absolute atomic E-state index is 0.565. The molecule has 2 heteroatoms. The van der Waals surface area contributed by atoms with E-state index in [1.165, 1.54) is 38.5 Å². The SMILES string of the molecule is CC(C)CNCCCCOC1CCC(C)CC1. The van der Waals surface area contributed by atoms with Gasteiger partial charge in [-0.3, -0.25) is 0 Å². The Balaban J connectivity index is 1.84. The first kappa shape index (κ1) is 15.0. The topological polar surface area (TPSA) is 21.3 Å². The molecule has 0 aromatic heterocycles. The first-order valence-corrected chi connectivity index (χ1v) is 7.50. The summed E-state index contributed by atoms with van der Waals surface area (Å²) in [5, 5.41) is 3.47. The van der Waals surface area contributed by atoms with Gasteiger partial charge in [0.25, 0.3) is 0 Å². The maximum absolute atomic E-state index is 5.93. The number of ether oxygens (including phenoxy) is 1. The molecule has 0 aliphatic heterocycles. The summed E-state index contributed by atoms with van der Waals surface area (Å²) in [5.41, 5.74) is 0. The third-order valence-electron chi connectivity index (χ3n) is 3.62. The highest BCUT2D eigenvalue weighted by atomic mass is 16.5. The molecular formula is C15H31NO. The quantitative estimate of drug-likeness (QED) is 0.656. The molecule has 1 aliphatic rings. The molecule has 0 saturated heterocycles. The molecule has 2 nitrogen and oxygen atoms in total. The number of unbranched alkanes of at least 4 members (excludes halogenated alkanes) is 1. The van der Waals surface area contributed by atoms with Gasteiger partial charge in [-0.1, -0.05) is 20.8 Å². The van der Waals surface area contributed by atoms with Gasteiger partial charge in [0.15, 0.2) is 0 Å². The van der Waals surface area contributed by atoms with Crippen molar-refractivity contribution in [1.29, 1.82) is 0 Å². The molecule has 1 fully saturated rings. The Kier molecular flexibility index (Phi) is 7.87. The van der Waals surface area contributed by atoms with E-state index in [4.69, 9.17) is 4.74 Å². The lowest BCUT2D eigenvalue weighted by Crippen LogP contribution is -2.22. The average molecular weight is 241 g/mol. The van der Waals surface area contributed by atoms with Gasteiger partial charge in [0.05, 0.1) is 6.10 Å². The highest BCUT2D eigenvalue weighted by Gasteiger charge is 2.17. The van der Waals surface area contributed by atoms with Crippen molar-refractivity contribution in [3.63, 3.8) is 0 Å². The van der Waals surface area contributed by atoms with Crippen LogP contribution in [0.15, 0.2) is 0 Å². The molecule has 0 radical (unpaired) electrons. The Morgan fingerprint density at radius 3 is 2.47 bits per heavy atom. The highest BCUT2D eigenvalue weighted by molar-refractivity contribution is 4.69. The fourth-order valence-corrected chi connectivity index (χ4v) is 2.39. The Hall–Kier alpha value is -0.0800. The molecule has 0 aromatic carbocycles. The van der Waals surface area contributed by atoms with Crippen molar-refractivity contribution in [2.24, 2.45) is 11.8 Å². The van der Waals surface area contributed by atoms with Gasteiger partial charge in [-0.2, -0.15) is 0 Å². The molecule has 1 N–H and O–H groups in total. The van der Waals surface area contributed by atoms with Crippen LogP contribution in [0.2, 0.25) is 0 Å². The van der Waals surface area contributed by atoms with Gasteiger partial charge >= 0.3 is 0 Å². The number of nitrogens with one attached hydrogen (secondary N) is 1. The minimum atomic E-state index is 0.565. The first-order valence-electron chi connectivity index (χ1n) is 7.50. The second-order valence-corrected chi connectivity index (χ2v) is 6.06. The average Bonchev–Trinajstić information content (AvgIpc) is 2.30. The van der Waals surface area contributed by atoms with Crippen molar-refractivity contribution in [2.75, 3.05) is 19.7 Å². The van der Waals surface area contributed by atoms with Crippen molar-refractivity contribution >= 4 is 0 Å². The fraction of sp³-hybridized carbons (Fsp3) is 1.00. The van der Waals surface area contributed by atoms with Crippen molar-refractivity contribution in [2.45, 2.75) is 65.4 Å². The molecule has 1 rings (SSSR count). The van der Waals surface area contributed by atoms with E-state index in [1.807, 2.05) is 0 Å². The lowest BCUT2D eigenvalue weighted by Gasteiger charge is -2.26. The number of hydrogen-bond acceptors (Lipinski definition) is 2. The van der Waals surface area contributed by atoms with Crippen molar-refractivity contribution in [3.8, 4) is 0 Å². The van der Waals surface area contributed by atoms with Crippen LogP contribution in [0.5, 0.6) is 0 Å². The summed E-state index contributed by atoms with van der Waals surface area (Å²) in [6.45, 7) is 10.1. The Morgan fingerprint density at radius 1 is 1.12 bits per heavy atom. The second kappa shape index (κ2) is 8.93. The Bertz CT molecular complexity index is 174. The standard InChI is InChI=1S/C15H31NO/c1-13(2)12-16-10-4-5-11-17-15-8-6-14(3)7-9-15/h13-16H,4-12H2,1-3H3. The van der Waals surface area contributed by atoms with Crippen LogP contribution >= 0.6 is 0 Å². The van der Waals surface area contributed by atoms with E-state index in [0.717, 1.165) is 31.5 Å². The van der Waals surface area contributed by atoms with Crippen LogP contribution in [0.25, 0.3) is 0 Å². The third kappa shape index (κ3) is 7.77. The minimum Gasteiger partial charge on any atom is -0.378 e. The number of rotatable bonds is 8. The zero-order valence-electron chi connectivity index (χ0n) is 12.0. The van der Waals surface area contributed by atoms with Gasteiger partial charge in [-0.25, -0.2) is 0 Å². The zero-order valence-corrected chi connectivity index (χ0v) is 12.0. The lowest BCUT2D eigenvalue weighted by molar-refractivity contribution is 0.0181. The summed E-state index contributed by atoms with van der Waals surface area (Å²) in [4.78, 5) is 0. The van der Waals surface area contributed by atoms with Crippen LogP contribution in [0.1, 0.15) is 59.3 Å². The predicted octanol–water partition coefficient (Wildman–Crippen LogP) is 3.61. The van der Waals surface area contributed by atoms with E-state index in [2.05, 4.69) is 26.1 Å². The van der Waals surface area contributed by atoms with Crippen LogP contribution in [0.4, 0.5) is 0 Å². The monoisotopic (exact) mass is 241 g/mol. The van der Waals surface area contributed by atoms with Crippen molar-refractivity contribution in [3.05, 3.63) is 0 Å². The molecule has 0 unspecified atom stereocenters. The van der Waals surface area contributed by atoms with E-state index >= 15 is 0 Å². The molecule has 102 valence electrons. The summed E-state index contributed by atoms with van der Waals surface area (Å²) in [5.74, 6) is 1.69. The van der Waals surface area contributed by atoms with Crippen LogP contribution in [-0.2, 0) is 4.74 Å². The normalized spacial score (nSPS) is 25.4. The molecule has 0 atom stereocenters. The summed E-state index contributed by atoms with van der Waals surface area (Å²) in [6.07, 6.45) is 8.31. The Morgan fingerprint density at radius 2 is 1.82 bits per heavy atom. The van der Waals surface area contributed by atoms with Crippen molar-refractivity contribution < 1.29 is 4.74 Å². The molecule has 0 amide bonds. The molecule has 1 aliphatic carbocycles.